The van der Waals surface area contributed by atoms with Crippen LogP contribution < -0.4 is 0 Å². The molecule has 134 valence electrons. The van der Waals surface area contributed by atoms with E-state index in [1.54, 1.807) is 12.1 Å². The zero-order valence-electron chi connectivity index (χ0n) is 13.9. The van der Waals surface area contributed by atoms with Gasteiger partial charge in [0.25, 0.3) is 0 Å². The van der Waals surface area contributed by atoms with E-state index in [2.05, 4.69) is 0 Å². The van der Waals surface area contributed by atoms with Crippen LogP contribution in [0.2, 0.25) is 0 Å². The minimum Gasteiger partial charge on any atom is -0.294 e. The van der Waals surface area contributed by atoms with Crippen LogP contribution in [0, 0.1) is 34.3 Å². The van der Waals surface area contributed by atoms with Crippen molar-refractivity contribution in [3.05, 3.63) is 81.8 Å². The molecule has 2 aromatic carbocycles. The quantitative estimate of drug-likeness (QED) is 0.713. The Hall–Kier alpha value is -3.42. The lowest BCUT2D eigenvalue weighted by atomic mass is 10.1. The number of hydrogen-bond acceptors (Lipinski definition) is 4. The monoisotopic (exact) mass is 382 g/mol. The molecule has 4 nitrogen and oxygen atoms in total. The number of nitrogens with zero attached hydrogens (tertiary/aromatic N) is 2. The normalized spacial score (nSPS) is 12.0. The summed E-state index contributed by atoms with van der Waals surface area (Å²) in [5.41, 5.74) is 0.603. The summed E-state index contributed by atoms with van der Waals surface area (Å²) in [6.45, 7) is 0. The Labute approximate surface area is 157 Å². The van der Waals surface area contributed by atoms with Gasteiger partial charge in [-0.3, -0.25) is 9.00 Å². The van der Waals surface area contributed by atoms with Gasteiger partial charge in [0.05, 0.1) is 39.8 Å². The zero-order chi connectivity index (χ0) is 19.8. The van der Waals surface area contributed by atoms with Gasteiger partial charge in [-0.1, -0.05) is 12.1 Å². The van der Waals surface area contributed by atoms with Crippen molar-refractivity contribution in [3.8, 4) is 12.1 Å². The molecule has 0 radical (unpaired) electrons. The number of halogens is 2. The molecule has 0 saturated heterocycles. The first-order chi connectivity index (χ1) is 12.9. The molecule has 2 rings (SSSR count). The number of carbonyl (C=O) groups is 1. The summed E-state index contributed by atoms with van der Waals surface area (Å²) in [6.07, 6.45) is 3.60. The van der Waals surface area contributed by atoms with E-state index in [4.69, 9.17) is 10.5 Å². The van der Waals surface area contributed by atoms with E-state index in [1.165, 1.54) is 41.8 Å². The third kappa shape index (κ3) is 5.81. The number of allylic oxidation sites excluding steroid dienone is 1. The number of hydrogen-bond donors (Lipinski definition) is 0. The highest BCUT2D eigenvalue weighted by atomic mass is 32.2. The molecular weight excluding hydrogens is 370 g/mol. The van der Waals surface area contributed by atoms with Crippen LogP contribution in [0.25, 0.3) is 12.2 Å². The van der Waals surface area contributed by atoms with Gasteiger partial charge in [-0.15, -0.1) is 0 Å². The lowest BCUT2D eigenvalue weighted by Gasteiger charge is -1.98. The van der Waals surface area contributed by atoms with E-state index in [9.17, 15) is 17.8 Å². The lowest BCUT2D eigenvalue weighted by molar-refractivity contribution is -0.112. The molecule has 2 aromatic rings. The summed E-state index contributed by atoms with van der Waals surface area (Å²) in [5.74, 6) is -2.12. The summed E-state index contributed by atoms with van der Waals surface area (Å²) < 4.78 is 39.3. The van der Waals surface area contributed by atoms with Crippen LogP contribution in [0.15, 0.2) is 47.9 Å². The molecule has 0 amide bonds. The summed E-state index contributed by atoms with van der Waals surface area (Å²) in [6, 6.07) is 11.3. The van der Waals surface area contributed by atoms with E-state index in [0.29, 0.717) is 0 Å². The van der Waals surface area contributed by atoms with Crippen LogP contribution in [-0.2, 0) is 15.6 Å². The molecule has 0 bridgehead atoms. The van der Waals surface area contributed by atoms with Gasteiger partial charge in [0.2, 0.25) is 0 Å². The number of ketones is 1. The molecule has 1 atom stereocenters. The maximum Gasteiger partial charge on any atom is 0.168 e. The van der Waals surface area contributed by atoms with Gasteiger partial charge in [0, 0.05) is 16.5 Å². The molecule has 0 aliphatic carbocycles. The Morgan fingerprint density at radius 3 is 1.96 bits per heavy atom. The molecule has 0 aliphatic rings. The Kier molecular flexibility index (Phi) is 6.87. The maximum absolute atomic E-state index is 13.7. The topological polar surface area (TPSA) is 81.7 Å². The van der Waals surface area contributed by atoms with E-state index in [1.807, 2.05) is 0 Å². The van der Waals surface area contributed by atoms with Crippen LogP contribution >= 0.6 is 0 Å². The third-order valence-corrected chi connectivity index (χ3v) is 4.40. The van der Waals surface area contributed by atoms with Crippen molar-refractivity contribution in [1.29, 1.82) is 10.5 Å². The van der Waals surface area contributed by atoms with Gasteiger partial charge in [0.1, 0.15) is 11.6 Å². The smallest absolute Gasteiger partial charge is 0.168 e. The average Bonchev–Trinajstić information content (AvgIpc) is 2.65. The molecule has 1 unspecified atom stereocenters. The highest BCUT2D eigenvalue weighted by molar-refractivity contribution is 7.88. The second-order valence-corrected chi connectivity index (χ2v) is 6.65. The molecule has 7 heteroatoms. The first-order valence-corrected chi connectivity index (χ1v) is 8.96. The Morgan fingerprint density at radius 1 is 0.963 bits per heavy atom. The first-order valence-electron chi connectivity index (χ1n) is 7.58. The van der Waals surface area contributed by atoms with Crippen LogP contribution in [-0.4, -0.2) is 15.7 Å². The molecule has 0 aromatic heterocycles. The SMILES string of the molecule is N#Cc1ccc(C=CS(=O)CC(=O)/C=C\c2ccc(C#N)cc2F)c(F)c1. The number of benzene rings is 2. The molecule has 0 saturated carbocycles. The molecule has 0 aliphatic heterocycles. The largest absolute Gasteiger partial charge is 0.294 e. The predicted molar refractivity (Wildman–Crippen MR) is 98.3 cm³/mol. The Balaban J connectivity index is 1.98. The second kappa shape index (κ2) is 9.33. The fraction of sp³-hybridized carbons (Fsp3) is 0.0500. The number of carbonyl (C=O) groups excluding carboxylic acids is 1. The average molecular weight is 382 g/mol. The molecule has 0 heterocycles. The van der Waals surface area contributed by atoms with E-state index in [-0.39, 0.29) is 28.0 Å². The van der Waals surface area contributed by atoms with Gasteiger partial charge < -0.3 is 0 Å². The van der Waals surface area contributed by atoms with Crippen molar-refractivity contribution in [2.24, 2.45) is 0 Å². The van der Waals surface area contributed by atoms with Crippen molar-refractivity contribution < 1.29 is 17.8 Å². The van der Waals surface area contributed by atoms with Crippen molar-refractivity contribution in [2.45, 2.75) is 0 Å². The fourth-order valence-electron chi connectivity index (χ4n) is 2.03. The summed E-state index contributed by atoms with van der Waals surface area (Å²) >= 11 is 0. The second-order valence-electron chi connectivity index (χ2n) is 5.32. The summed E-state index contributed by atoms with van der Waals surface area (Å²) in [4.78, 5) is 11.8. The Bertz CT molecular complexity index is 963. The van der Waals surface area contributed by atoms with Crippen LogP contribution in [0.5, 0.6) is 0 Å². The molecule has 0 spiro atoms. The predicted octanol–water partition coefficient (Wildman–Crippen LogP) is 3.71. The highest BCUT2D eigenvalue weighted by Crippen LogP contribution is 2.13. The maximum atomic E-state index is 13.7. The Morgan fingerprint density at radius 2 is 1.48 bits per heavy atom. The molecule has 0 fully saturated rings. The van der Waals surface area contributed by atoms with E-state index >= 15 is 0 Å². The lowest BCUT2D eigenvalue weighted by Crippen LogP contribution is -2.05. The zero-order valence-corrected chi connectivity index (χ0v) is 14.7. The molecular formula is C20H12F2N2O2S. The van der Waals surface area contributed by atoms with Crippen molar-refractivity contribution in [3.63, 3.8) is 0 Å². The van der Waals surface area contributed by atoms with E-state index in [0.717, 1.165) is 18.2 Å². The van der Waals surface area contributed by atoms with Gasteiger partial charge in [-0.05, 0) is 42.5 Å². The van der Waals surface area contributed by atoms with Crippen LogP contribution in [0.1, 0.15) is 22.3 Å². The summed E-state index contributed by atoms with van der Waals surface area (Å²) in [5, 5.41) is 18.5. The van der Waals surface area contributed by atoms with Crippen molar-refractivity contribution in [2.75, 3.05) is 5.75 Å². The van der Waals surface area contributed by atoms with E-state index < -0.39 is 28.2 Å². The summed E-state index contributed by atoms with van der Waals surface area (Å²) in [7, 11) is -1.68. The standard InChI is InChI=1S/C20H12F2N2O2S/c21-19-9-14(11-23)1-3-16(19)5-6-18(25)13-27(26)8-7-17-4-2-15(12-24)10-20(17)22/h1-10H,13H2/b6-5-,8-7?. The van der Waals surface area contributed by atoms with Gasteiger partial charge in [0.15, 0.2) is 5.78 Å². The van der Waals surface area contributed by atoms with Crippen molar-refractivity contribution >= 4 is 28.7 Å². The minimum atomic E-state index is -1.68. The van der Waals surface area contributed by atoms with Crippen LogP contribution in [0.4, 0.5) is 8.78 Å². The molecule has 27 heavy (non-hydrogen) atoms. The highest BCUT2D eigenvalue weighted by Gasteiger charge is 2.05. The number of rotatable bonds is 6. The molecule has 0 N–H and O–H groups in total. The van der Waals surface area contributed by atoms with Gasteiger partial charge >= 0.3 is 0 Å². The number of nitriles is 2. The fourth-order valence-corrected chi connectivity index (χ4v) is 2.80. The van der Waals surface area contributed by atoms with Gasteiger partial charge in [-0.25, -0.2) is 8.78 Å². The van der Waals surface area contributed by atoms with Crippen LogP contribution in [0.3, 0.4) is 0 Å². The third-order valence-electron chi connectivity index (χ3n) is 3.39. The first kappa shape index (κ1) is 19.9. The van der Waals surface area contributed by atoms with Gasteiger partial charge in [-0.2, -0.15) is 10.5 Å². The minimum absolute atomic E-state index is 0.128. The van der Waals surface area contributed by atoms with Crippen molar-refractivity contribution in [1.82, 2.24) is 0 Å².